The molecule has 0 unspecified atom stereocenters. The largest absolute Gasteiger partial charge is 0.366 e. The van der Waals surface area contributed by atoms with Crippen molar-refractivity contribution in [3.8, 4) is 0 Å². The second-order valence-electron chi connectivity index (χ2n) is 7.80. The number of benzene rings is 1. The van der Waals surface area contributed by atoms with Gasteiger partial charge in [0, 0.05) is 31.3 Å². The van der Waals surface area contributed by atoms with Crippen molar-refractivity contribution in [2.75, 3.05) is 33.7 Å². The molecule has 1 fully saturated rings. The van der Waals surface area contributed by atoms with E-state index in [1.807, 2.05) is 24.7 Å². The smallest absolute Gasteiger partial charge is 0.0972 e. The summed E-state index contributed by atoms with van der Waals surface area (Å²) in [5.74, 6) is 0.640. The van der Waals surface area contributed by atoms with E-state index in [4.69, 9.17) is 4.98 Å². The fourth-order valence-electron chi connectivity index (χ4n) is 3.49. The predicted molar refractivity (Wildman–Crippen MR) is 117 cm³/mol. The molecule has 146 valence electrons. The number of hydrogen-bond acceptors (Lipinski definition) is 4. The van der Waals surface area contributed by atoms with E-state index in [0.717, 1.165) is 18.7 Å². The average molecular weight is 385 g/mol. The number of thiazole rings is 1. The van der Waals surface area contributed by atoms with Gasteiger partial charge in [-0.05, 0) is 76.5 Å². The molecule has 0 amide bonds. The summed E-state index contributed by atoms with van der Waals surface area (Å²) in [5.41, 5.74) is 6.25. The van der Waals surface area contributed by atoms with E-state index < -0.39 is 0 Å². The Bertz CT molecular complexity index is 788. The first-order chi connectivity index (χ1) is 13.0. The van der Waals surface area contributed by atoms with Crippen molar-refractivity contribution in [1.82, 2.24) is 14.8 Å². The molecule has 0 spiro atoms. The molecule has 1 aromatic heterocycles. The molecule has 0 saturated carbocycles. The Hall–Kier alpha value is -1.72. The first-order valence-corrected chi connectivity index (χ1v) is 10.8. The summed E-state index contributed by atoms with van der Waals surface area (Å²) in [7, 11) is 4.26. The van der Waals surface area contributed by atoms with Gasteiger partial charge in [0.15, 0.2) is 0 Å². The lowest BCUT2D eigenvalue weighted by Gasteiger charge is -2.27. The zero-order chi connectivity index (χ0) is 19.4. The van der Waals surface area contributed by atoms with Crippen molar-refractivity contribution in [3.05, 3.63) is 44.9 Å². The van der Waals surface area contributed by atoms with Crippen LogP contribution in [0.4, 0.5) is 5.69 Å². The van der Waals surface area contributed by atoms with Crippen LogP contribution in [0.5, 0.6) is 0 Å². The van der Waals surface area contributed by atoms with Gasteiger partial charge in [0.2, 0.25) is 0 Å². The van der Waals surface area contributed by atoms with Crippen molar-refractivity contribution in [2.45, 2.75) is 46.0 Å². The van der Waals surface area contributed by atoms with Crippen LogP contribution in [0, 0.1) is 13.8 Å². The number of rotatable bonds is 6. The van der Waals surface area contributed by atoms with Crippen LogP contribution in [-0.4, -0.2) is 54.9 Å². The number of hydrogen-bond donors (Lipinski definition) is 0. The van der Waals surface area contributed by atoms with Gasteiger partial charge in [-0.25, -0.2) is 9.98 Å². The fraction of sp³-hybridized carbons (Fsp3) is 0.545. The van der Waals surface area contributed by atoms with Crippen LogP contribution >= 0.6 is 11.3 Å². The second-order valence-corrected chi connectivity index (χ2v) is 8.75. The van der Waals surface area contributed by atoms with Crippen LogP contribution in [0.1, 0.15) is 53.1 Å². The molecule has 0 radical (unpaired) electrons. The van der Waals surface area contributed by atoms with Crippen LogP contribution in [0.2, 0.25) is 0 Å². The van der Waals surface area contributed by atoms with Crippen molar-refractivity contribution in [3.63, 3.8) is 0 Å². The van der Waals surface area contributed by atoms with Crippen molar-refractivity contribution < 1.29 is 0 Å². The van der Waals surface area contributed by atoms with Gasteiger partial charge in [0.25, 0.3) is 0 Å². The maximum atomic E-state index is 4.98. The number of aliphatic imine (C=N–C) groups is 1. The summed E-state index contributed by atoms with van der Waals surface area (Å²) >= 11 is 1.81. The number of aryl methyl sites for hydroxylation is 2. The minimum atomic E-state index is 0.640. The van der Waals surface area contributed by atoms with E-state index in [1.54, 1.807) is 0 Å². The molecule has 1 aliphatic heterocycles. The van der Waals surface area contributed by atoms with Gasteiger partial charge in [0.05, 0.1) is 22.7 Å². The standard InChI is InChI=1S/C22H32N4S/c1-6-25(4)15-23-20-12-16(2)19(11-17(20)3)13-22-24-21(14-27-22)18-7-9-26(5)10-8-18/h11-12,14-15,18H,6-10,13H2,1-5H3/b23-15+. The van der Waals surface area contributed by atoms with Gasteiger partial charge in [-0.1, -0.05) is 6.07 Å². The summed E-state index contributed by atoms with van der Waals surface area (Å²) in [6.07, 6.45) is 5.30. The highest BCUT2D eigenvalue weighted by molar-refractivity contribution is 7.09. The third kappa shape index (κ3) is 5.17. The molecule has 4 nitrogen and oxygen atoms in total. The van der Waals surface area contributed by atoms with Gasteiger partial charge in [0.1, 0.15) is 0 Å². The summed E-state index contributed by atoms with van der Waals surface area (Å²) in [5, 5.41) is 3.51. The van der Waals surface area contributed by atoms with Crippen LogP contribution < -0.4 is 0 Å². The van der Waals surface area contributed by atoms with Crippen molar-refractivity contribution in [1.29, 1.82) is 0 Å². The summed E-state index contributed by atoms with van der Waals surface area (Å²) in [4.78, 5) is 14.1. The third-order valence-electron chi connectivity index (χ3n) is 5.60. The molecule has 0 bridgehead atoms. The lowest BCUT2D eigenvalue weighted by molar-refractivity contribution is 0.253. The molecular weight excluding hydrogens is 352 g/mol. The fourth-order valence-corrected chi connectivity index (χ4v) is 4.39. The number of likely N-dealkylation sites (tertiary alicyclic amines) is 1. The number of aromatic nitrogens is 1. The normalized spacial score (nSPS) is 16.3. The maximum Gasteiger partial charge on any atom is 0.0972 e. The molecule has 27 heavy (non-hydrogen) atoms. The maximum absolute atomic E-state index is 4.98. The number of piperidine rings is 1. The van der Waals surface area contributed by atoms with E-state index in [2.05, 4.69) is 60.1 Å². The zero-order valence-corrected chi connectivity index (χ0v) is 18.1. The molecule has 0 N–H and O–H groups in total. The number of nitrogens with zero attached hydrogens (tertiary/aromatic N) is 4. The third-order valence-corrected chi connectivity index (χ3v) is 6.46. The van der Waals surface area contributed by atoms with Crippen molar-refractivity contribution >= 4 is 23.4 Å². The Morgan fingerprint density at radius 1 is 1.26 bits per heavy atom. The first kappa shape index (κ1) is 20.0. The lowest BCUT2D eigenvalue weighted by atomic mass is 9.94. The van der Waals surface area contributed by atoms with Gasteiger partial charge in [-0.2, -0.15) is 0 Å². The minimum absolute atomic E-state index is 0.640. The Balaban J connectivity index is 1.71. The predicted octanol–water partition coefficient (Wildman–Crippen LogP) is 4.77. The Labute approximate surface area is 168 Å². The average Bonchev–Trinajstić information content (AvgIpc) is 3.12. The SMILES string of the molecule is CCN(C)/C=N/c1cc(C)c(Cc2nc(C3CCN(C)CC3)cs2)cc1C. The van der Waals surface area contributed by atoms with E-state index in [9.17, 15) is 0 Å². The van der Waals surface area contributed by atoms with Gasteiger partial charge < -0.3 is 9.80 Å². The van der Waals surface area contributed by atoms with Crippen LogP contribution in [0.25, 0.3) is 0 Å². The van der Waals surface area contributed by atoms with Gasteiger partial charge in [-0.15, -0.1) is 11.3 Å². The van der Waals surface area contributed by atoms with Crippen LogP contribution in [0.15, 0.2) is 22.5 Å². The highest BCUT2D eigenvalue weighted by Gasteiger charge is 2.20. The van der Waals surface area contributed by atoms with Crippen molar-refractivity contribution in [2.24, 2.45) is 4.99 Å². The monoisotopic (exact) mass is 384 g/mol. The molecule has 1 aromatic carbocycles. The van der Waals surface area contributed by atoms with E-state index in [-0.39, 0.29) is 0 Å². The van der Waals surface area contributed by atoms with Gasteiger partial charge >= 0.3 is 0 Å². The molecule has 0 aliphatic carbocycles. The summed E-state index contributed by atoms with van der Waals surface area (Å²) in [6.45, 7) is 9.79. The molecule has 1 aliphatic rings. The Kier molecular flexibility index (Phi) is 6.66. The molecule has 3 rings (SSSR count). The Morgan fingerprint density at radius 3 is 2.70 bits per heavy atom. The first-order valence-electron chi connectivity index (χ1n) is 9.93. The molecule has 5 heteroatoms. The van der Waals surface area contributed by atoms with Crippen LogP contribution in [-0.2, 0) is 6.42 Å². The van der Waals surface area contributed by atoms with E-state index in [1.165, 1.54) is 53.3 Å². The summed E-state index contributed by atoms with van der Waals surface area (Å²) in [6, 6.07) is 4.49. The highest BCUT2D eigenvalue weighted by atomic mass is 32.1. The Morgan fingerprint density at radius 2 is 2.00 bits per heavy atom. The zero-order valence-electron chi connectivity index (χ0n) is 17.3. The van der Waals surface area contributed by atoms with Crippen LogP contribution in [0.3, 0.4) is 0 Å². The quantitative estimate of drug-likeness (QED) is 0.531. The topological polar surface area (TPSA) is 31.7 Å². The molecule has 2 heterocycles. The highest BCUT2D eigenvalue weighted by Crippen LogP contribution is 2.30. The molecule has 1 saturated heterocycles. The molecular formula is C22H32N4S. The van der Waals surface area contributed by atoms with Gasteiger partial charge in [-0.3, -0.25) is 0 Å². The van der Waals surface area contributed by atoms with E-state index >= 15 is 0 Å². The second kappa shape index (κ2) is 8.98. The minimum Gasteiger partial charge on any atom is -0.366 e. The summed E-state index contributed by atoms with van der Waals surface area (Å²) < 4.78 is 0. The van der Waals surface area contributed by atoms with E-state index in [0.29, 0.717) is 5.92 Å². The molecule has 2 aromatic rings. The molecule has 0 atom stereocenters. The lowest BCUT2D eigenvalue weighted by Crippen LogP contribution is -2.29.